The Labute approximate surface area is 111 Å². The summed E-state index contributed by atoms with van der Waals surface area (Å²) >= 11 is 0. The molecule has 0 radical (unpaired) electrons. The van der Waals surface area contributed by atoms with Gasteiger partial charge in [0.25, 0.3) is 0 Å². The second kappa shape index (κ2) is 6.41. The van der Waals surface area contributed by atoms with Crippen molar-refractivity contribution in [2.45, 2.75) is 65.5 Å². The molecule has 0 saturated heterocycles. The van der Waals surface area contributed by atoms with Crippen LogP contribution in [0.5, 0.6) is 0 Å². The highest BCUT2D eigenvalue weighted by molar-refractivity contribution is 5.74. The maximum absolute atomic E-state index is 11.7. The van der Waals surface area contributed by atoms with E-state index in [2.05, 4.69) is 31.4 Å². The zero-order valence-corrected chi connectivity index (χ0v) is 12.1. The normalized spacial score (nSPS) is 30.0. The molecule has 0 heterocycles. The zero-order chi connectivity index (χ0) is 13.8. The summed E-state index contributed by atoms with van der Waals surface area (Å²) in [6.07, 6.45) is 3.76. The van der Waals surface area contributed by atoms with E-state index in [4.69, 9.17) is 0 Å². The Morgan fingerprint density at radius 1 is 1.39 bits per heavy atom. The van der Waals surface area contributed by atoms with E-state index in [1.807, 2.05) is 6.92 Å². The van der Waals surface area contributed by atoms with Crippen LogP contribution in [0.4, 0.5) is 4.79 Å². The fourth-order valence-electron chi connectivity index (χ4n) is 2.29. The number of rotatable bonds is 4. The highest BCUT2D eigenvalue weighted by atomic mass is 16.3. The molecule has 0 bridgehead atoms. The molecule has 3 N–H and O–H groups in total. The molecule has 1 aliphatic carbocycles. The van der Waals surface area contributed by atoms with Gasteiger partial charge in [-0.1, -0.05) is 33.6 Å². The van der Waals surface area contributed by atoms with Gasteiger partial charge in [-0.05, 0) is 25.7 Å². The summed E-state index contributed by atoms with van der Waals surface area (Å²) in [5.74, 6) is 0.423. The Hall–Kier alpha value is -0.770. The van der Waals surface area contributed by atoms with Crippen LogP contribution in [-0.4, -0.2) is 29.8 Å². The number of carbonyl (C=O) groups excluding carboxylic acids is 1. The Morgan fingerprint density at radius 3 is 2.61 bits per heavy atom. The first kappa shape index (κ1) is 15.3. The maximum atomic E-state index is 11.7. The average molecular weight is 256 g/mol. The Morgan fingerprint density at radius 2 is 2.06 bits per heavy atom. The first-order valence-electron chi connectivity index (χ1n) is 7.07. The molecule has 1 fully saturated rings. The number of carbonyl (C=O) groups is 1. The topological polar surface area (TPSA) is 61.4 Å². The van der Waals surface area contributed by atoms with E-state index >= 15 is 0 Å². The van der Waals surface area contributed by atoms with Crippen LogP contribution in [0.2, 0.25) is 0 Å². The predicted octanol–water partition coefficient (Wildman–Crippen LogP) is 2.27. The summed E-state index contributed by atoms with van der Waals surface area (Å²) in [5.41, 5.74) is -0.170. The van der Waals surface area contributed by atoms with E-state index in [-0.39, 0.29) is 23.6 Å². The summed E-state index contributed by atoms with van der Waals surface area (Å²) in [7, 11) is 0. The third kappa shape index (κ3) is 4.16. The molecule has 4 nitrogen and oxygen atoms in total. The molecule has 0 aromatic carbocycles. The van der Waals surface area contributed by atoms with Crippen molar-refractivity contribution in [3.63, 3.8) is 0 Å². The van der Waals surface area contributed by atoms with E-state index in [1.165, 1.54) is 0 Å². The van der Waals surface area contributed by atoms with Gasteiger partial charge in [-0.25, -0.2) is 4.79 Å². The zero-order valence-electron chi connectivity index (χ0n) is 12.1. The van der Waals surface area contributed by atoms with Crippen molar-refractivity contribution < 1.29 is 9.90 Å². The van der Waals surface area contributed by atoms with Crippen LogP contribution in [0.1, 0.15) is 53.4 Å². The van der Waals surface area contributed by atoms with Gasteiger partial charge >= 0.3 is 6.03 Å². The minimum absolute atomic E-state index is 0.129. The molecular weight excluding hydrogens is 228 g/mol. The fourth-order valence-corrected chi connectivity index (χ4v) is 2.29. The number of nitrogens with one attached hydrogen (secondary N) is 2. The fraction of sp³-hybridized carbons (Fsp3) is 0.929. The summed E-state index contributed by atoms with van der Waals surface area (Å²) in [6, 6.07) is 0.0317. The molecular formula is C14H28N2O2. The van der Waals surface area contributed by atoms with Crippen molar-refractivity contribution in [1.29, 1.82) is 0 Å². The highest BCUT2D eigenvalue weighted by Gasteiger charge is 2.35. The first-order chi connectivity index (χ1) is 8.35. The molecule has 4 heteroatoms. The Kier molecular flexibility index (Phi) is 5.45. The molecule has 0 aromatic rings. The number of urea groups is 1. The molecule has 3 unspecified atom stereocenters. The summed E-state index contributed by atoms with van der Waals surface area (Å²) < 4.78 is 0. The summed E-state index contributed by atoms with van der Waals surface area (Å²) in [6.45, 7) is 8.77. The average Bonchev–Trinajstić information content (AvgIpc) is 2.31. The third-order valence-corrected chi connectivity index (χ3v) is 4.29. The molecule has 0 aliphatic heterocycles. The van der Waals surface area contributed by atoms with Crippen molar-refractivity contribution in [1.82, 2.24) is 10.6 Å². The molecule has 2 amide bonds. The van der Waals surface area contributed by atoms with Crippen molar-refractivity contribution in [3.05, 3.63) is 0 Å². The smallest absolute Gasteiger partial charge is 0.315 e. The number of hydrogen-bond donors (Lipinski definition) is 3. The molecule has 3 atom stereocenters. The van der Waals surface area contributed by atoms with E-state index < -0.39 is 0 Å². The lowest BCUT2D eigenvalue weighted by molar-refractivity contribution is 0.00303. The summed E-state index contributed by atoms with van der Waals surface area (Å²) in [4.78, 5) is 11.7. The van der Waals surface area contributed by atoms with Gasteiger partial charge < -0.3 is 15.7 Å². The highest BCUT2D eigenvalue weighted by Crippen LogP contribution is 2.35. The second-order valence-electron chi connectivity index (χ2n) is 6.28. The van der Waals surface area contributed by atoms with E-state index in [9.17, 15) is 9.90 Å². The van der Waals surface area contributed by atoms with Crippen molar-refractivity contribution >= 4 is 6.03 Å². The first-order valence-corrected chi connectivity index (χ1v) is 7.07. The SMILES string of the molecule is CC(C)C(C)NC(=O)NCC1(C)CCCCC1O. The molecule has 106 valence electrons. The van der Waals surface area contributed by atoms with Crippen molar-refractivity contribution in [2.24, 2.45) is 11.3 Å². The van der Waals surface area contributed by atoms with Crippen LogP contribution in [0, 0.1) is 11.3 Å². The lowest BCUT2D eigenvalue weighted by atomic mass is 9.73. The van der Waals surface area contributed by atoms with Gasteiger partial charge in [-0.15, -0.1) is 0 Å². The molecule has 1 rings (SSSR count). The van der Waals surface area contributed by atoms with Gasteiger partial charge in [0.15, 0.2) is 0 Å². The molecule has 0 spiro atoms. The van der Waals surface area contributed by atoms with Gasteiger partial charge in [-0.3, -0.25) is 0 Å². The van der Waals surface area contributed by atoms with Crippen LogP contribution in [0.15, 0.2) is 0 Å². The van der Waals surface area contributed by atoms with E-state index in [0.717, 1.165) is 25.7 Å². The number of aliphatic hydroxyl groups is 1. The number of hydrogen-bond acceptors (Lipinski definition) is 2. The lowest BCUT2D eigenvalue weighted by Crippen LogP contribution is -2.49. The second-order valence-corrected chi connectivity index (χ2v) is 6.28. The Bertz CT molecular complexity index is 281. The van der Waals surface area contributed by atoms with Gasteiger partial charge in [-0.2, -0.15) is 0 Å². The van der Waals surface area contributed by atoms with Crippen LogP contribution in [0.3, 0.4) is 0 Å². The van der Waals surface area contributed by atoms with Gasteiger partial charge in [0.05, 0.1) is 6.10 Å². The summed E-state index contributed by atoms with van der Waals surface area (Å²) in [5, 5.41) is 15.9. The van der Waals surface area contributed by atoms with Gasteiger partial charge in [0, 0.05) is 18.0 Å². The van der Waals surface area contributed by atoms with Crippen molar-refractivity contribution in [3.8, 4) is 0 Å². The quantitative estimate of drug-likeness (QED) is 0.722. The molecule has 0 aromatic heterocycles. The van der Waals surface area contributed by atoms with Crippen LogP contribution >= 0.6 is 0 Å². The molecule has 1 saturated carbocycles. The van der Waals surface area contributed by atoms with E-state index in [0.29, 0.717) is 12.5 Å². The molecule has 1 aliphatic rings. The minimum atomic E-state index is -0.297. The lowest BCUT2D eigenvalue weighted by Gasteiger charge is -2.38. The minimum Gasteiger partial charge on any atom is -0.392 e. The molecule has 18 heavy (non-hydrogen) atoms. The van der Waals surface area contributed by atoms with Gasteiger partial charge in [0.2, 0.25) is 0 Å². The van der Waals surface area contributed by atoms with Crippen molar-refractivity contribution in [2.75, 3.05) is 6.54 Å². The van der Waals surface area contributed by atoms with Crippen LogP contribution < -0.4 is 10.6 Å². The largest absolute Gasteiger partial charge is 0.392 e. The van der Waals surface area contributed by atoms with E-state index in [1.54, 1.807) is 0 Å². The standard InChI is InChI=1S/C14H28N2O2/c1-10(2)11(3)16-13(18)15-9-14(4)8-6-5-7-12(14)17/h10-12,17H,5-9H2,1-4H3,(H2,15,16,18). The monoisotopic (exact) mass is 256 g/mol. The predicted molar refractivity (Wildman–Crippen MR) is 73.4 cm³/mol. The Balaban J connectivity index is 2.37. The third-order valence-electron chi connectivity index (χ3n) is 4.29. The van der Waals surface area contributed by atoms with Gasteiger partial charge in [0.1, 0.15) is 0 Å². The number of amides is 2. The maximum Gasteiger partial charge on any atom is 0.315 e. The van der Waals surface area contributed by atoms with Crippen LogP contribution in [-0.2, 0) is 0 Å². The van der Waals surface area contributed by atoms with Crippen LogP contribution in [0.25, 0.3) is 0 Å². The number of aliphatic hydroxyl groups excluding tert-OH is 1.